The number of benzene rings is 2. The lowest BCUT2D eigenvalue weighted by Crippen LogP contribution is -2.17. The molecule has 3 nitrogen and oxygen atoms in total. The van der Waals surface area contributed by atoms with Crippen molar-refractivity contribution < 1.29 is 17.9 Å². The van der Waals surface area contributed by atoms with Crippen molar-refractivity contribution in [2.24, 2.45) is 4.99 Å². The highest BCUT2D eigenvalue weighted by atomic mass is 19.4. The molecule has 0 aromatic heterocycles. The highest BCUT2D eigenvalue weighted by Crippen LogP contribution is 2.45. The van der Waals surface area contributed by atoms with Gasteiger partial charge in [0.05, 0.1) is 12.0 Å². The molecule has 0 unspecified atom stereocenters. The number of hydrogen-bond donors (Lipinski definition) is 0. The Morgan fingerprint density at radius 2 is 1.96 bits per heavy atom. The normalized spacial score (nSPS) is 14.5. The maximum Gasteiger partial charge on any atom is 0.573 e. The van der Waals surface area contributed by atoms with Crippen LogP contribution in [0.4, 0.5) is 18.9 Å². The van der Waals surface area contributed by atoms with E-state index in [0.29, 0.717) is 12.3 Å². The molecule has 1 aliphatic carbocycles. The van der Waals surface area contributed by atoms with Crippen molar-refractivity contribution in [3.8, 4) is 5.75 Å². The summed E-state index contributed by atoms with van der Waals surface area (Å²) in [7, 11) is 1.98. The van der Waals surface area contributed by atoms with Gasteiger partial charge in [0.1, 0.15) is 5.75 Å². The first-order chi connectivity index (χ1) is 13.2. The van der Waals surface area contributed by atoms with Crippen molar-refractivity contribution in [2.45, 2.75) is 45.4 Å². The van der Waals surface area contributed by atoms with Crippen LogP contribution in [0, 0.1) is 6.92 Å². The number of alkyl halides is 3. The Hall–Kier alpha value is -2.50. The predicted molar refractivity (Wildman–Crippen MR) is 106 cm³/mol. The molecule has 0 saturated heterocycles. The van der Waals surface area contributed by atoms with Gasteiger partial charge in [0.25, 0.3) is 0 Å². The van der Waals surface area contributed by atoms with Crippen LogP contribution >= 0.6 is 0 Å². The summed E-state index contributed by atoms with van der Waals surface area (Å²) in [6.45, 7) is 4.97. The van der Waals surface area contributed by atoms with Crippen molar-refractivity contribution in [2.75, 3.05) is 13.6 Å². The molecule has 150 valence electrons. The highest BCUT2D eigenvalue weighted by molar-refractivity contribution is 5.65. The molecular formula is C22H25F3N2O. The predicted octanol–water partition coefficient (Wildman–Crippen LogP) is 5.97. The van der Waals surface area contributed by atoms with Crippen LogP contribution in [0.25, 0.3) is 0 Å². The van der Waals surface area contributed by atoms with Crippen molar-refractivity contribution in [3.05, 3.63) is 58.7 Å². The Morgan fingerprint density at radius 1 is 1.21 bits per heavy atom. The monoisotopic (exact) mass is 390 g/mol. The van der Waals surface area contributed by atoms with Crippen molar-refractivity contribution in [3.63, 3.8) is 0 Å². The maximum atomic E-state index is 12.5. The average Bonchev–Trinajstić information content (AvgIpc) is 3.45. The van der Waals surface area contributed by atoms with Gasteiger partial charge in [-0.3, -0.25) is 0 Å². The van der Waals surface area contributed by atoms with E-state index in [1.807, 2.05) is 31.3 Å². The summed E-state index contributed by atoms with van der Waals surface area (Å²) in [6, 6.07) is 10.4. The van der Waals surface area contributed by atoms with Gasteiger partial charge < -0.3 is 9.64 Å². The third kappa shape index (κ3) is 5.50. The van der Waals surface area contributed by atoms with Gasteiger partial charge in [-0.25, -0.2) is 4.99 Å². The minimum absolute atomic E-state index is 0.186. The van der Waals surface area contributed by atoms with Crippen LogP contribution in [0.2, 0.25) is 0 Å². The third-order valence-corrected chi connectivity index (χ3v) is 4.92. The summed E-state index contributed by atoms with van der Waals surface area (Å²) in [5.41, 5.74) is 5.18. The van der Waals surface area contributed by atoms with Gasteiger partial charge in [0, 0.05) is 13.6 Å². The molecule has 28 heavy (non-hydrogen) atoms. The molecule has 0 bridgehead atoms. The first kappa shape index (κ1) is 20.2. The fraction of sp³-hybridized carbons (Fsp3) is 0.409. The number of aliphatic imine (C=N–C) groups is 1. The fourth-order valence-corrected chi connectivity index (χ4v) is 3.10. The van der Waals surface area contributed by atoms with E-state index in [1.54, 1.807) is 6.07 Å². The van der Waals surface area contributed by atoms with E-state index in [-0.39, 0.29) is 5.75 Å². The van der Waals surface area contributed by atoms with Crippen LogP contribution in [-0.2, 0) is 6.42 Å². The van der Waals surface area contributed by atoms with E-state index in [2.05, 4.69) is 28.8 Å². The molecule has 2 aromatic rings. The minimum atomic E-state index is -4.68. The molecule has 0 radical (unpaired) electrons. The summed E-state index contributed by atoms with van der Waals surface area (Å²) in [5.74, 6) is 0.340. The average molecular weight is 390 g/mol. The lowest BCUT2D eigenvalue weighted by atomic mass is 9.95. The summed E-state index contributed by atoms with van der Waals surface area (Å²) < 4.78 is 41.5. The molecular weight excluding hydrogens is 365 g/mol. The van der Waals surface area contributed by atoms with Gasteiger partial charge in [-0.1, -0.05) is 18.2 Å². The zero-order valence-electron chi connectivity index (χ0n) is 16.4. The first-order valence-corrected chi connectivity index (χ1v) is 9.47. The van der Waals surface area contributed by atoms with Crippen LogP contribution in [0.3, 0.4) is 0 Å². The summed E-state index contributed by atoms with van der Waals surface area (Å²) in [5, 5.41) is 0. The second kappa shape index (κ2) is 8.25. The number of rotatable bonds is 7. The van der Waals surface area contributed by atoms with Gasteiger partial charge in [-0.15, -0.1) is 13.2 Å². The smallest absolute Gasteiger partial charge is 0.406 e. The van der Waals surface area contributed by atoms with Crippen LogP contribution in [0.1, 0.15) is 47.9 Å². The van der Waals surface area contributed by atoms with Crippen LogP contribution in [0.5, 0.6) is 5.75 Å². The summed E-state index contributed by atoms with van der Waals surface area (Å²) in [4.78, 5) is 6.68. The fourth-order valence-electron chi connectivity index (χ4n) is 3.10. The Balaban J connectivity index is 1.86. The Bertz CT molecular complexity index is 857. The number of nitrogens with zero attached hydrogens (tertiary/aromatic N) is 2. The van der Waals surface area contributed by atoms with E-state index in [1.165, 1.54) is 17.7 Å². The molecule has 0 heterocycles. The van der Waals surface area contributed by atoms with Gasteiger partial charge in [0.15, 0.2) is 0 Å². The molecule has 0 aliphatic heterocycles. The lowest BCUT2D eigenvalue weighted by molar-refractivity contribution is -0.274. The molecule has 2 aromatic carbocycles. The molecule has 0 spiro atoms. The quantitative estimate of drug-likeness (QED) is 0.430. The number of aryl methyl sites for hydroxylation is 1. The zero-order chi connectivity index (χ0) is 20.3. The molecule has 0 atom stereocenters. The number of halogens is 3. The Kier molecular flexibility index (Phi) is 5.96. The molecule has 3 rings (SSSR count). The molecule has 1 aliphatic rings. The van der Waals surface area contributed by atoms with Crippen molar-refractivity contribution in [1.82, 2.24) is 4.90 Å². The lowest BCUT2D eigenvalue weighted by Gasteiger charge is -2.14. The van der Waals surface area contributed by atoms with E-state index < -0.39 is 6.36 Å². The summed E-state index contributed by atoms with van der Waals surface area (Å²) >= 11 is 0. The Labute approximate surface area is 163 Å². The molecule has 1 saturated carbocycles. The van der Waals surface area contributed by atoms with Crippen LogP contribution in [-0.4, -0.2) is 31.2 Å². The van der Waals surface area contributed by atoms with E-state index in [4.69, 9.17) is 0 Å². The van der Waals surface area contributed by atoms with Gasteiger partial charge >= 0.3 is 6.36 Å². The van der Waals surface area contributed by atoms with Gasteiger partial charge in [0.2, 0.25) is 0 Å². The van der Waals surface area contributed by atoms with Crippen molar-refractivity contribution in [1.29, 1.82) is 0 Å². The van der Waals surface area contributed by atoms with Gasteiger partial charge in [-0.05, 0) is 79.5 Å². The largest absolute Gasteiger partial charge is 0.573 e. The van der Waals surface area contributed by atoms with Crippen LogP contribution < -0.4 is 4.74 Å². The third-order valence-electron chi connectivity index (χ3n) is 4.92. The maximum absolute atomic E-state index is 12.5. The zero-order valence-corrected chi connectivity index (χ0v) is 16.4. The SMILES string of the molecule is CCN(C)/C=N\c1cc(C)c(Cc2cccc(OC(F)(F)F)c2)cc1C1CC1. The van der Waals surface area contributed by atoms with E-state index in [9.17, 15) is 13.2 Å². The minimum Gasteiger partial charge on any atom is -0.406 e. The molecule has 6 heteroatoms. The van der Waals surface area contributed by atoms with E-state index >= 15 is 0 Å². The first-order valence-electron chi connectivity index (χ1n) is 9.47. The molecule has 0 N–H and O–H groups in total. The number of ether oxygens (including phenoxy) is 1. The summed E-state index contributed by atoms with van der Waals surface area (Å²) in [6.07, 6.45) is 0.0316. The topological polar surface area (TPSA) is 24.8 Å². The van der Waals surface area contributed by atoms with E-state index in [0.717, 1.165) is 41.8 Å². The van der Waals surface area contributed by atoms with Crippen LogP contribution in [0.15, 0.2) is 41.4 Å². The number of hydrogen-bond acceptors (Lipinski definition) is 2. The standard InChI is InChI=1S/C22H25F3N2O/c1-4-27(3)14-26-21-10-15(2)18(13-20(21)17-8-9-17)11-16-6-5-7-19(12-16)28-22(23,24)25/h5-7,10,12-14,17H,4,8-9,11H2,1-3H3/b26-14-. The second-order valence-electron chi connectivity index (χ2n) is 7.30. The van der Waals surface area contributed by atoms with Gasteiger partial charge in [-0.2, -0.15) is 0 Å². The highest BCUT2D eigenvalue weighted by Gasteiger charge is 2.31. The second-order valence-corrected chi connectivity index (χ2v) is 7.30. The van der Waals surface area contributed by atoms with Crippen molar-refractivity contribution >= 4 is 12.0 Å². The Morgan fingerprint density at radius 3 is 2.61 bits per heavy atom. The molecule has 1 fully saturated rings. The molecule has 0 amide bonds.